The van der Waals surface area contributed by atoms with Gasteiger partial charge in [0.2, 0.25) is 0 Å². The third-order valence-corrected chi connectivity index (χ3v) is 3.13. The van der Waals surface area contributed by atoms with E-state index in [1.165, 1.54) is 12.1 Å². The number of nitro benzene ring substituents is 1. The highest BCUT2D eigenvalue weighted by Crippen LogP contribution is 2.29. The van der Waals surface area contributed by atoms with Gasteiger partial charge in [0.25, 0.3) is 5.69 Å². The van der Waals surface area contributed by atoms with Crippen molar-refractivity contribution in [3.05, 3.63) is 62.6 Å². The minimum absolute atomic E-state index is 0.00854. The monoisotopic (exact) mass is 322 g/mol. The molecule has 0 radical (unpaired) electrons. The largest absolute Gasteiger partial charge is 0.487 e. The van der Waals surface area contributed by atoms with Crippen LogP contribution in [0.5, 0.6) is 5.75 Å². The maximum absolute atomic E-state index is 10.7. The zero-order valence-corrected chi connectivity index (χ0v) is 11.5. The maximum Gasteiger partial charge on any atom is 0.273 e. The first-order chi connectivity index (χ1) is 9.06. The number of nitrogens with zero attached hydrogens (tertiary/aromatic N) is 1. The predicted molar refractivity (Wildman–Crippen MR) is 76.0 cm³/mol. The van der Waals surface area contributed by atoms with Gasteiger partial charge < -0.3 is 10.5 Å². The fraction of sp³-hybridized carbons (Fsp3) is 0.0769. The first-order valence-corrected chi connectivity index (χ1v) is 6.27. The second kappa shape index (κ2) is 5.71. The Balaban J connectivity index is 2.15. The lowest BCUT2D eigenvalue weighted by Gasteiger charge is -2.08. The van der Waals surface area contributed by atoms with Gasteiger partial charge in [0.1, 0.15) is 12.4 Å². The van der Waals surface area contributed by atoms with E-state index in [1.54, 1.807) is 18.2 Å². The van der Waals surface area contributed by atoms with E-state index in [0.717, 1.165) is 5.56 Å². The maximum atomic E-state index is 10.7. The number of non-ortho nitro benzene ring substituents is 1. The molecule has 2 aromatic carbocycles. The minimum atomic E-state index is -0.459. The Labute approximate surface area is 118 Å². The molecule has 2 rings (SSSR count). The van der Waals surface area contributed by atoms with Crippen LogP contribution >= 0.6 is 15.9 Å². The molecule has 2 aromatic rings. The molecule has 19 heavy (non-hydrogen) atoms. The lowest BCUT2D eigenvalue weighted by atomic mass is 10.2. The average molecular weight is 323 g/mol. The van der Waals surface area contributed by atoms with Gasteiger partial charge in [-0.05, 0) is 39.7 Å². The van der Waals surface area contributed by atoms with Crippen molar-refractivity contribution in [1.29, 1.82) is 0 Å². The zero-order chi connectivity index (χ0) is 13.8. The lowest BCUT2D eigenvalue weighted by molar-refractivity contribution is -0.385. The summed E-state index contributed by atoms with van der Waals surface area (Å²) in [5.74, 6) is 0.427. The van der Waals surface area contributed by atoms with Crippen LogP contribution in [-0.2, 0) is 6.61 Å². The highest BCUT2D eigenvalue weighted by atomic mass is 79.9. The van der Waals surface area contributed by atoms with E-state index in [9.17, 15) is 10.1 Å². The molecule has 0 aliphatic heterocycles. The summed E-state index contributed by atoms with van der Waals surface area (Å²) in [7, 11) is 0. The van der Waals surface area contributed by atoms with Gasteiger partial charge in [-0.1, -0.05) is 12.1 Å². The van der Waals surface area contributed by atoms with Crippen molar-refractivity contribution in [1.82, 2.24) is 0 Å². The van der Waals surface area contributed by atoms with Gasteiger partial charge in [-0.25, -0.2) is 0 Å². The van der Waals surface area contributed by atoms with Gasteiger partial charge in [-0.3, -0.25) is 10.1 Å². The number of hydrogen-bond donors (Lipinski definition) is 1. The number of ether oxygens (including phenoxy) is 1. The van der Waals surface area contributed by atoms with Crippen LogP contribution in [0.2, 0.25) is 0 Å². The van der Waals surface area contributed by atoms with E-state index in [-0.39, 0.29) is 5.69 Å². The molecule has 0 saturated heterocycles. The van der Waals surface area contributed by atoms with Crippen LogP contribution in [0.3, 0.4) is 0 Å². The highest BCUT2D eigenvalue weighted by Gasteiger charge is 2.10. The van der Waals surface area contributed by atoms with Crippen molar-refractivity contribution >= 4 is 27.3 Å². The minimum Gasteiger partial charge on any atom is -0.487 e. The van der Waals surface area contributed by atoms with Crippen molar-refractivity contribution < 1.29 is 9.66 Å². The summed E-state index contributed by atoms with van der Waals surface area (Å²) in [6.07, 6.45) is 0. The molecule has 2 N–H and O–H groups in total. The van der Waals surface area contributed by atoms with Crippen LogP contribution in [0.15, 0.2) is 46.9 Å². The van der Waals surface area contributed by atoms with Crippen LogP contribution in [0.25, 0.3) is 0 Å². The molecule has 0 aromatic heterocycles. The quantitative estimate of drug-likeness (QED) is 0.530. The zero-order valence-electron chi connectivity index (χ0n) is 9.88. The molecule has 0 aliphatic carbocycles. The molecule has 0 amide bonds. The van der Waals surface area contributed by atoms with Gasteiger partial charge in [-0.15, -0.1) is 0 Å². The molecular weight excluding hydrogens is 312 g/mol. The number of nitrogen functional groups attached to an aromatic ring is 1. The summed E-state index contributed by atoms with van der Waals surface area (Å²) < 4.78 is 6.23. The number of nitrogens with two attached hydrogens (primary N) is 1. The van der Waals surface area contributed by atoms with Gasteiger partial charge in [-0.2, -0.15) is 0 Å². The Morgan fingerprint density at radius 2 is 2.05 bits per heavy atom. The standard InChI is InChI=1S/C13H11BrN2O3/c14-12-5-4-11(16(17)18)7-13(12)19-8-9-2-1-3-10(15)6-9/h1-7H,8,15H2. The molecule has 5 nitrogen and oxygen atoms in total. The Morgan fingerprint density at radius 3 is 2.74 bits per heavy atom. The average Bonchev–Trinajstić information content (AvgIpc) is 2.37. The van der Waals surface area contributed by atoms with Crippen molar-refractivity contribution in [3.8, 4) is 5.75 Å². The number of halogens is 1. The smallest absolute Gasteiger partial charge is 0.273 e. The molecule has 0 saturated carbocycles. The topological polar surface area (TPSA) is 78.4 Å². The van der Waals surface area contributed by atoms with Gasteiger partial charge in [0.15, 0.2) is 0 Å². The van der Waals surface area contributed by atoms with Crippen LogP contribution in [0, 0.1) is 10.1 Å². The van der Waals surface area contributed by atoms with Gasteiger partial charge >= 0.3 is 0 Å². The predicted octanol–water partition coefficient (Wildman–Crippen LogP) is 3.52. The number of nitro groups is 1. The van der Waals surface area contributed by atoms with Crippen molar-refractivity contribution in [3.63, 3.8) is 0 Å². The molecule has 6 heteroatoms. The van der Waals surface area contributed by atoms with Crippen molar-refractivity contribution in [2.75, 3.05) is 5.73 Å². The molecule has 98 valence electrons. The number of rotatable bonds is 4. The van der Waals surface area contributed by atoms with Crippen molar-refractivity contribution in [2.24, 2.45) is 0 Å². The SMILES string of the molecule is Nc1cccc(COc2cc([N+](=O)[O-])ccc2Br)c1. The Morgan fingerprint density at radius 1 is 1.26 bits per heavy atom. The van der Waals surface area contributed by atoms with Crippen LogP contribution in [0.4, 0.5) is 11.4 Å². The van der Waals surface area contributed by atoms with E-state index >= 15 is 0 Å². The third kappa shape index (κ3) is 3.45. The Hall–Kier alpha value is -2.08. The summed E-state index contributed by atoms with van der Waals surface area (Å²) in [6, 6.07) is 11.7. The normalized spacial score (nSPS) is 10.2. The number of anilines is 1. The number of hydrogen-bond acceptors (Lipinski definition) is 4. The van der Waals surface area contributed by atoms with Crippen LogP contribution < -0.4 is 10.5 Å². The number of benzene rings is 2. The molecule has 0 atom stereocenters. The molecule has 0 fully saturated rings. The van der Waals surface area contributed by atoms with Crippen LogP contribution in [0.1, 0.15) is 5.56 Å². The first-order valence-electron chi connectivity index (χ1n) is 5.47. The summed E-state index contributed by atoms with van der Waals surface area (Å²) in [6.45, 7) is 0.296. The van der Waals surface area contributed by atoms with E-state index in [2.05, 4.69) is 15.9 Å². The van der Waals surface area contributed by atoms with E-state index in [4.69, 9.17) is 10.5 Å². The van der Waals surface area contributed by atoms with Crippen molar-refractivity contribution in [2.45, 2.75) is 6.61 Å². The second-order valence-corrected chi connectivity index (χ2v) is 4.76. The fourth-order valence-electron chi connectivity index (χ4n) is 1.56. The molecule has 0 bridgehead atoms. The Kier molecular flexibility index (Phi) is 4.01. The van der Waals surface area contributed by atoms with E-state index < -0.39 is 4.92 Å². The molecule has 0 aliphatic rings. The highest BCUT2D eigenvalue weighted by molar-refractivity contribution is 9.10. The molecule has 0 unspecified atom stereocenters. The van der Waals surface area contributed by atoms with Gasteiger partial charge in [0, 0.05) is 11.8 Å². The first kappa shape index (κ1) is 13.4. The molecular formula is C13H11BrN2O3. The summed E-state index contributed by atoms with van der Waals surface area (Å²) in [5.41, 5.74) is 7.21. The Bertz CT molecular complexity index is 617. The van der Waals surface area contributed by atoms with Crippen LogP contribution in [-0.4, -0.2) is 4.92 Å². The molecule has 0 spiro atoms. The van der Waals surface area contributed by atoms with E-state index in [0.29, 0.717) is 22.5 Å². The van der Waals surface area contributed by atoms with Gasteiger partial charge in [0.05, 0.1) is 15.5 Å². The second-order valence-electron chi connectivity index (χ2n) is 3.91. The summed E-state index contributed by atoms with van der Waals surface area (Å²) in [4.78, 5) is 10.2. The van der Waals surface area contributed by atoms with E-state index in [1.807, 2.05) is 12.1 Å². The summed E-state index contributed by atoms with van der Waals surface area (Å²) >= 11 is 3.30. The fourth-order valence-corrected chi connectivity index (χ4v) is 1.92. The molecule has 0 heterocycles. The lowest BCUT2D eigenvalue weighted by Crippen LogP contribution is -1.98. The summed E-state index contributed by atoms with van der Waals surface area (Å²) in [5, 5.41) is 10.7. The third-order valence-electron chi connectivity index (χ3n) is 2.47.